The first-order valence-electron chi connectivity index (χ1n) is 2.21. The van der Waals surface area contributed by atoms with E-state index in [0.717, 1.165) is 0 Å². The van der Waals surface area contributed by atoms with Crippen molar-refractivity contribution in [3.8, 4) is 0 Å². The fraction of sp³-hybridized carbons (Fsp3) is 0.200. The van der Waals surface area contributed by atoms with Crippen LogP contribution in [-0.2, 0) is 0 Å². The maximum atomic E-state index is 8.89. The zero-order chi connectivity index (χ0) is 5.98. The van der Waals surface area contributed by atoms with Crippen molar-refractivity contribution in [2.24, 2.45) is 0 Å². The van der Waals surface area contributed by atoms with E-state index in [1.807, 2.05) is 6.08 Å². The average molecular weight is 240 g/mol. The van der Waals surface area contributed by atoms with Crippen LogP contribution >= 0.6 is 0 Å². The van der Waals surface area contributed by atoms with Crippen molar-refractivity contribution in [2.75, 3.05) is 0 Å². The van der Waals surface area contributed by atoms with Crippen molar-refractivity contribution in [2.45, 2.75) is 6.92 Å². The summed E-state index contributed by atoms with van der Waals surface area (Å²) in [5.74, 6) is 0. The molecule has 1 heterocycles. The molecule has 1 aliphatic rings. The molecule has 0 aromatic heterocycles. The van der Waals surface area contributed by atoms with Crippen LogP contribution in [0.3, 0.4) is 0 Å². The van der Waals surface area contributed by atoms with Gasteiger partial charge in [-0.3, -0.25) is 0 Å². The van der Waals surface area contributed by atoms with Gasteiger partial charge in [-0.1, -0.05) is 0 Å². The van der Waals surface area contributed by atoms with Gasteiger partial charge in [0.05, 0.1) is 0 Å². The molecule has 1 aliphatic heterocycles. The van der Waals surface area contributed by atoms with E-state index in [2.05, 4.69) is 6.92 Å². The molecule has 0 saturated carbocycles. The summed E-state index contributed by atoms with van der Waals surface area (Å²) < 4.78 is 2.04. The van der Waals surface area contributed by atoms with E-state index < -0.39 is 0 Å². The van der Waals surface area contributed by atoms with Crippen molar-refractivity contribution in [3.05, 3.63) is 21.3 Å². The Morgan fingerprint density at radius 1 is 1.38 bits per heavy atom. The van der Waals surface area contributed by atoms with Crippen LogP contribution in [0.4, 0.5) is 0 Å². The Bertz CT molecular complexity index is 131. The number of aliphatic hydroxyl groups excluding tert-OH is 1. The molecular weight excluding hydrogens is 234 g/mol. The van der Waals surface area contributed by atoms with Gasteiger partial charge in [-0.2, -0.15) is 0 Å². The molecule has 1 rings (SSSR count). The Hall–Kier alpha value is 0.319. The van der Waals surface area contributed by atoms with Crippen molar-refractivity contribution in [1.29, 1.82) is 0 Å². The van der Waals surface area contributed by atoms with E-state index in [9.17, 15) is 0 Å². The van der Waals surface area contributed by atoms with Gasteiger partial charge in [0.2, 0.25) is 0 Å². The Kier molecular flexibility index (Phi) is 2.21. The molecule has 44 valence electrons. The van der Waals surface area contributed by atoms with Crippen LogP contribution in [0.25, 0.3) is 0 Å². The Labute approximate surface area is 59.7 Å². The van der Waals surface area contributed by atoms with Crippen molar-refractivity contribution in [3.63, 3.8) is 0 Å². The second-order valence-electron chi connectivity index (χ2n) is 1.45. The first kappa shape index (κ1) is 6.44. The maximum absolute atomic E-state index is 8.89. The van der Waals surface area contributed by atoms with Crippen LogP contribution < -0.4 is 0 Å². The standard InChI is InChI=1S/C5H6OSe2/c1-4-2-3-5(6)8-7-4/h2-3,6H,1H3. The van der Waals surface area contributed by atoms with Crippen molar-refractivity contribution in [1.82, 2.24) is 0 Å². The summed E-state index contributed by atoms with van der Waals surface area (Å²) in [5, 5.41) is 8.89. The van der Waals surface area contributed by atoms with Gasteiger partial charge in [0.1, 0.15) is 0 Å². The van der Waals surface area contributed by atoms with Crippen LogP contribution in [0.15, 0.2) is 21.3 Å². The molecule has 8 heavy (non-hydrogen) atoms. The van der Waals surface area contributed by atoms with Gasteiger partial charge >= 0.3 is 59.6 Å². The fourth-order valence-electron chi connectivity index (χ4n) is 0.353. The summed E-state index contributed by atoms with van der Waals surface area (Å²) in [6.45, 7) is 2.12. The van der Waals surface area contributed by atoms with Gasteiger partial charge in [-0.25, -0.2) is 0 Å². The number of rotatable bonds is 0. The Morgan fingerprint density at radius 2 is 2.12 bits per heavy atom. The first-order valence-corrected chi connectivity index (χ1v) is 8.26. The number of hydrogen-bond acceptors (Lipinski definition) is 1. The molecule has 0 amide bonds. The number of hydrogen-bond donors (Lipinski definition) is 1. The van der Waals surface area contributed by atoms with E-state index in [1.165, 1.54) is 4.47 Å². The van der Waals surface area contributed by atoms with Crippen molar-refractivity contribution < 1.29 is 5.11 Å². The number of allylic oxidation sites excluding steroid dienone is 3. The molecule has 0 atom stereocenters. The fourth-order valence-corrected chi connectivity index (χ4v) is 4.90. The topological polar surface area (TPSA) is 20.2 Å². The molecule has 1 nitrogen and oxygen atoms in total. The molecule has 0 fully saturated rings. The van der Waals surface area contributed by atoms with E-state index in [0.29, 0.717) is 30.9 Å². The minimum atomic E-state index is 0.395. The van der Waals surface area contributed by atoms with Crippen LogP contribution in [0.2, 0.25) is 0 Å². The quantitative estimate of drug-likeness (QED) is 0.615. The molecule has 1 N–H and O–H groups in total. The summed E-state index contributed by atoms with van der Waals surface area (Å²) >= 11 is 0.984. The molecule has 0 aromatic carbocycles. The second-order valence-corrected chi connectivity index (χ2v) is 8.01. The molecular formula is C5H6OSe2. The number of aliphatic hydroxyl groups is 1. The summed E-state index contributed by atoms with van der Waals surface area (Å²) in [6, 6.07) is 0. The molecule has 3 heteroatoms. The Morgan fingerprint density at radius 3 is 2.50 bits per heavy atom. The summed E-state index contributed by atoms with van der Waals surface area (Å²) in [6.07, 6.45) is 3.81. The third-order valence-electron chi connectivity index (χ3n) is 0.719. The van der Waals surface area contributed by atoms with Gasteiger partial charge < -0.3 is 0 Å². The van der Waals surface area contributed by atoms with Crippen LogP contribution in [0, 0.1) is 0 Å². The predicted molar refractivity (Wildman–Crippen MR) is 36.0 cm³/mol. The zero-order valence-electron chi connectivity index (χ0n) is 4.42. The SMILES string of the molecule is CC1=CC=C(O)[Se][Se]1. The molecule has 0 spiro atoms. The average Bonchev–Trinajstić information content (AvgIpc) is 1.77. The molecule has 0 aromatic rings. The van der Waals surface area contributed by atoms with E-state index in [-0.39, 0.29) is 0 Å². The van der Waals surface area contributed by atoms with Gasteiger partial charge in [0.25, 0.3) is 0 Å². The molecule has 0 aliphatic carbocycles. The third-order valence-corrected chi connectivity index (χ3v) is 8.01. The van der Waals surface area contributed by atoms with Gasteiger partial charge in [0, 0.05) is 0 Å². The molecule has 0 radical (unpaired) electrons. The monoisotopic (exact) mass is 242 g/mol. The Balaban J connectivity index is 2.65. The van der Waals surface area contributed by atoms with Gasteiger partial charge in [-0.05, 0) is 0 Å². The first-order chi connectivity index (χ1) is 3.79. The van der Waals surface area contributed by atoms with Crippen molar-refractivity contribution >= 4 is 26.3 Å². The molecule has 0 bridgehead atoms. The minimum absolute atomic E-state index is 0.395. The van der Waals surface area contributed by atoms with E-state index in [4.69, 9.17) is 5.11 Å². The molecule has 0 saturated heterocycles. The third kappa shape index (κ3) is 1.68. The summed E-state index contributed by atoms with van der Waals surface area (Å²) in [7, 11) is 0. The van der Waals surface area contributed by atoms with E-state index in [1.54, 1.807) is 6.08 Å². The predicted octanol–water partition coefficient (Wildman–Crippen LogP) is 0.627. The van der Waals surface area contributed by atoms with Crippen LogP contribution in [0.1, 0.15) is 6.92 Å². The van der Waals surface area contributed by atoms with Gasteiger partial charge in [-0.15, -0.1) is 0 Å². The summed E-state index contributed by atoms with van der Waals surface area (Å²) in [5.41, 5.74) is 0. The zero-order valence-corrected chi connectivity index (χ0v) is 7.84. The normalized spacial score (nSPS) is 19.6. The second kappa shape index (κ2) is 2.74. The van der Waals surface area contributed by atoms with E-state index >= 15 is 0 Å². The van der Waals surface area contributed by atoms with Gasteiger partial charge in [0.15, 0.2) is 0 Å². The van der Waals surface area contributed by atoms with Crippen LogP contribution in [0.5, 0.6) is 0 Å². The van der Waals surface area contributed by atoms with Crippen LogP contribution in [-0.4, -0.2) is 31.4 Å². The summed E-state index contributed by atoms with van der Waals surface area (Å²) in [4.78, 5) is 0. The molecule has 0 unspecified atom stereocenters.